The van der Waals surface area contributed by atoms with E-state index in [0.29, 0.717) is 46.0 Å². The molecule has 0 saturated carbocycles. The quantitative estimate of drug-likeness (QED) is 0.317. The van der Waals surface area contributed by atoms with E-state index in [1.807, 2.05) is 44.2 Å². The number of nitrogens with zero attached hydrogens (tertiary/aromatic N) is 4. The second-order valence-corrected chi connectivity index (χ2v) is 8.60. The molecule has 0 atom stereocenters. The van der Waals surface area contributed by atoms with Gasteiger partial charge in [-0.05, 0) is 74.4 Å². The normalized spacial score (nSPS) is 11.9. The van der Waals surface area contributed by atoms with Crippen LogP contribution in [-0.4, -0.2) is 22.2 Å². The first-order valence-electron chi connectivity index (χ1n) is 11.6. The van der Waals surface area contributed by atoms with Crippen molar-refractivity contribution in [3.8, 4) is 40.7 Å². The van der Waals surface area contributed by atoms with Crippen molar-refractivity contribution in [2.75, 3.05) is 0 Å². The lowest BCUT2D eigenvalue weighted by Crippen LogP contribution is -2.06. The van der Waals surface area contributed by atoms with Gasteiger partial charge >= 0.3 is 5.97 Å². The SMILES string of the molecule is CC(C)Oc1ccc(-c2nc(-c3cccc4c3CC=C4OC(=O)c3ccc(C#N)cc3)no2)cc1C#N. The molecule has 3 aromatic carbocycles. The Morgan fingerprint density at radius 1 is 1.03 bits per heavy atom. The first-order chi connectivity index (χ1) is 18.0. The third kappa shape index (κ3) is 4.69. The molecule has 1 aliphatic carbocycles. The van der Waals surface area contributed by atoms with Gasteiger partial charge in [-0.25, -0.2) is 4.79 Å². The zero-order valence-corrected chi connectivity index (χ0v) is 20.1. The van der Waals surface area contributed by atoms with Crippen LogP contribution in [0.2, 0.25) is 0 Å². The maximum atomic E-state index is 12.6. The fourth-order valence-corrected chi connectivity index (χ4v) is 4.05. The Hall–Kier alpha value is -5.21. The molecule has 1 heterocycles. The molecule has 0 aliphatic heterocycles. The molecule has 1 aliphatic rings. The molecule has 0 unspecified atom stereocenters. The van der Waals surface area contributed by atoms with Crippen LogP contribution in [0.25, 0.3) is 28.6 Å². The van der Waals surface area contributed by atoms with Gasteiger partial charge in [0.05, 0.1) is 28.9 Å². The number of carbonyl (C=O) groups is 1. The van der Waals surface area contributed by atoms with Crippen molar-refractivity contribution in [2.24, 2.45) is 0 Å². The lowest BCUT2D eigenvalue weighted by molar-refractivity contribution is 0.0692. The number of rotatable bonds is 6. The number of allylic oxidation sites excluding steroid dienone is 1. The van der Waals surface area contributed by atoms with Crippen molar-refractivity contribution in [3.63, 3.8) is 0 Å². The Balaban J connectivity index is 1.39. The van der Waals surface area contributed by atoms with Gasteiger partial charge in [-0.3, -0.25) is 0 Å². The van der Waals surface area contributed by atoms with Crippen LogP contribution in [0.15, 0.2) is 71.3 Å². The second-order valence-electron chi connectivity index (χ2n) is 8.60. The highest BCUT2D eigenvalue weighted by Crippen LogP contribution is 2.36. The minimum Gasteiger partial charge on any atom is -0.490 e. The van der Waals surface area contributed by atoms with Crippen LogP contribution in [0.1, 0.15) is 46.5 Å². The van der Waals surface area contributed by atoms with Crippen LogP contribution in [0.5, 0.6) is 5.75 Å². The smallest absolute Gasteiger partial charge is 0.343 e. The Morgan fingerprint density at radius 2 is 1.81 bits per heavy atom. The first-order valence-corrected chi connectivity index (χ1v) is 11.6. The molecule has 37 heavy (non-hydrogen) atoms. The Bertz CT molecular complexity index is 1620. The highest BCUT2D eigenvalue weighted by molar-refractivity contribution is 5.94. The number of hydrogen-bond acceptors (Lipinski definition) is 8. The van der Waals surface area contributed by atoms with Gasteiger partial charge in [0.25, 0.3) is 5.89 Å². The minimum absolute atomic E-state index is 0.0602. The van der Waals surface area contributed by atoms with Crippen molar-refractivity contribution < 1.29 is 18.8 Å². The predicted octanol–water partition coefficient (Wildman–Crippen LogP) is 5.69. The number of fused-ring (bicyclic) bond motifs is 1. The number of benzene rings is 3. The molecule has 4 aromatic rings. The van der Waals surface area contributed by atoms with E-state index in [1.165, 1.54) is 0 Å². The molecule has 8 nitrogen and oxygen atoms in total. The molecule has 0 bridgehead atoms. The van der Waals surface area contributed by atoms with E-state index >= 15 is 0 Å². The fraction of sp³-hybridized carbons (Fsp3) is 0.138. The number of ether oxygens (including phenoxy) is 2. The van der Waals surface area contributed by atoms with E-state index < -0.39 is 5.97 Å². The number of esters is 1. The lowest BCUT2D eigenvalue weighted by atomic mass is 10.0. The molecule has 5 rings (SSSR count). The monoisotopic (exact) mass is 488 g/mol. The van der Waals surface area contributed by atoms with Crippen molar-refractivity contribution in [1.29, 1.82) is 10.5 Å². The summed E-state index contributed by atoms with van der Waals surface area (Å²) in [6.07, 6.45) is 2.31. The zero-order valence-electron chi connectivity index (χ0n) is 20.1. The summed E-state index contributed by atoms with van der Waals surface area (Å²) in [6, 6.07) is 21.2. The summed E-state index contributed by atoms with van der Waals surface area (Å²) >= 11 is 0. The van der Waals surface area contributed by atoms with E-state index in [4.69, 9.17) is 19.3 Å². The van der Waals surface area contributed by atoms with Crippen LogP contribution in [-0.2, 0) is 11.2 Å². The summed E-state index contributed by atoms with van der Waals surface area (Å²) < 4.78 is 16.9. The van der Waals surface area contributed by atoms with E-state index in [1.54, 1.807) is 42.5 Å². The average molecular weight is 489 g/mol. The van der Waals surface area contributed by atoms with E-state index in [0.717, 1.165) is 16.7 Å². The van der Waals surface area contributed by atoms with Gasteiger partial charge < -0.3 is 14.0 Å². The van der Waals surface area contributed by atoms with Gasteiger partial charge in [-0.1, -0.05) is 23.4 Å². The van der Waals surface area contributed by atoms with Crippen LogP contribution in [0, 0.1) is 22.7 Å². The van der Waals surface area contributed by atoms with Gasteiger partial charge in [0.1, 0.15) is 17.6 Å². The molecule has 0 saturated heterocycles. The second kappa shape index (κ2) is 9.80. The fourth-order valence-electron chi connectivity index (χ4n) is 4.05. The average Bonchev–Trinajstić information content (AvgIpc) is 3.56. The van der Waals surface area contributed by atoms with E-state index in [2.05, 4.69) is 16.2 Å². The summed E-state index contributed by atoms with van der Waals surface area (Å²) in [5.74, 6) is 1.11. The van der Waals surface area contributed by atoms with Gasteiger partial charge in [0.2, 0.25) is 5.82 Å². The predicted molar refractivity (Wildman–Crippen MR) is 134 cm³/mol. The molecule has 0 spiro atoms. The molecule has 1 aromatic heterocycles. The van der Waals surface area contributed by atoms with Crippen LogP contribution >= 0.6 is 0 Å². The summed E-state index contributed by atoms with van der Waals surface area (Å²) in [7, 11) is 0. The van der Waals surface area contributed by atoms with Crippen LogP contribution in [0.3, 0.4) is 0 Å². The Morgan fingerprint density at radius 3 is 2.54 bits per heavy atom. The summed E-state index contributed by atoms with van der Waals surface area (Å²) in [5.41, 5.74) is 4.25. The molecule has 0 fully saturated rings. The highest BCUT2D eigenvalue weighted by atomic mass is 16.5. The number of aromatic nitrogens is 2. The molecule has 0 radical (unpaired) electrons. The standard InChI is InChI=1S/C29H20N4O4/c1-17(2)35-25-12-10-20(14-21(25)16-31)28-32-27(33-37-28)24-5-3-4-23-22(24)11-13-26(23)36-29(34)19-8-6-18(15-30)7-9-19/h3-10,12-14,17H,11H2,1-2H3. The van der Waals surface area contributed by atoms with E-state index in [9.17, 15) is 10.1 Å². The number of nitriles is 2. The number of hydrogen-bond donors (Lipinski definition) is 0. The maximum Gasteiger partial charge on any atom is 0.343 e. The molecular formula is C29H20N4O4. The minimum atomic E-state index is -0.506. The molecule has 8 heteroatoms. The van der Waals surface area contributed by atoms with Crippen LogP contribution in [0.4, 0.5) is 0 Å². The van der Waals surface area contributed by atoms with Gasteiger partial charge in [-0.2, -0.15) is 15.5 Å². The topological polar surface area (TPSA) is 122 Å². The van der Waals surface area contributed by atoms with Crippen molar-refractivity contribution in [1.82, 2.24) is 10.1 Å². The first kappa shape index (κ1) is 23.5. The van der Waals surface area contributed by atoms with Crippen molar-refractivity contribution in [2.45, 2.75) is 26.4 Å². The van der Waals surface area contributed by atoms with Crippen molar-refractivity contribution in [3.05, 3.63) is 94.6 Å². The molecular weight excluding hydrogens is 468 g/mol. The van der Waals surface area contributed by atoms with Gasteiger partial charge in [-0.15, -0.1) is 0 Å². The highest BCUT2D eigenvalue weighted by Gasteiger charge is 2.24. The molecule has 180 valence electrons. The summed E-state index contributed by atoms with van der Waals surface area (Å²) in [5, 5.41) is 22.6. The maximum absolute atomic E-state index is 12.6. The largest absolute Gasteiger partial charge is 0.490 e. The van der Waals surface area contributed by atoms with Crippen LogP contribution < -0.4 is 4.74 Å². The third-order valence-corrected chi connectivity index (χ3v) is 5.76. The van der Waals surface area contributed by atoms with E-state index in [-0.39, 0.29) is 12.0 Å². The Labute approximate surface area is 213 Å². The summed E-state index contributed by atoms with van der Waals surface area (Å²) in [6.45, 7) is 3.79. The Kier molecular flexibility index (Phi) is 6.23. The molecule has 0 amide bonds. The summed E-state index contributed by atoms with van der Waals surface area (Å²) in [4.78, 5) is 17.2. The van der Waals surface area contributed by atoms with Gasteiger partial charge in [0.15, 0.2) is 0 Å². The zero-order chi connectivity index (χ0) is 25.9. The molecule has 0 N–H and O–H groups in total. The third-order valence-electron chi connectivity index (χ3n) is 5.76. The number of carbonyl (C=O) groups excluding carboxylic acids is 1. The van der Waals surface area contributed by atoms with Gasteiger partial charge in [0, 0.05) is 16.7 Å². The van der Waals surface area contributed by atoms with Crippen molar-refractivity contribution >= 4 is 11.7 Å². The lowest BCUT2D eigenvalue weighted by Gasteiger charge is -2.11.